The van der Waals surface area contributed by atoms with Gasteiger partial charge in [0.05, 0.1) is 22.0 Å². The largest absolute Gasteiger partial charge is 0.340 e. The van der Waals surface area contributed by atoms with Gasteiger partial charge >= 0.3 is 0 Å². The number of hydrogen-bond donors (Lipinski definition) is 1. The zero-order valence-corrected chi connectivity index (χ0v) is 22.1. The maximum absolute atomic E-state index is 12.9. The van der Waals surface area contributed by atoms with Gasteiger partial charge in [-0.2, -0.15) is 0 Å². The molecule has 4 rings (SSSR count). The van der Waals surface area contributed by atoms with E-state index >= 15 is 0 Å². The SMILES string of the molecule is CC(C)N(C/C=C/C(=O)N1CCc2c(sc3ncnc(Nc4ccc(Cl)c(Cl)c4)c23)C1)C(C)C. The molecule has 1 N–H and O–H groups in total. The number of nitrogens with one attached hydrogen (secondary N) is 1. The summed E-state index contributed by atoms with van der Waals surface area (Å²) >= 11 is 13.8. The van der Waals surface area contributed by atoms with Crippen LogP contribution < -0.4 is 5.32 Å². The van der Waals surface area contributed by atoms with Crippen LogP contribution in [0.15, 0.2) is 36.7 Å². The second-order valence-corrected chi connectivity index (χ2v) is 10.9. The van der Waals surface area contributed by atoms with Gasteiger partial charge in [-0.25, -0.2) is 9.97 Å². The van der Waals surface area contributed by atoms with Crippen molar-refractivity contribution in [3.8, 4) is 0 Å². The van der Waals surface area contributed by atoms with E-state index in [0.717, 1.165) is 39.6 Å². The molecule has 0 unspecified atom stereocenters. The fourth-order valence-electron chi connectivity index (χ4n) is 4.32. The van der Waals surface area contributed by atoms with E-state index in [9.17, 15) is 4.79 Å². The fraction of sp³-hybridized carbons (Fsp3) is 0.400. The molecule has 0 fully saturated rings. The number of amides is 1. The van der Waals surface area contributed by atoms with E-state index in [-0.39, 0.29) is 5.91 Å². The van der Waals surface area contributed by atoms with Crippen LogP contribution in [0, 0.1) is 0 Å². The van der Waals surface area contributed by atoms with E-state index < -0.39 is 0 Å². The van der Waals surface area contributed by atoms with E-state index in [4.69, 9.17) is 23.2 Å². The molecular weight excluding hydrogens is 489 g/mol. The van der Waals surface area contributed by atoms with E-state index in [0.29, 0.717) is 35.2 Å². The van der Waals surface area contributed by atoms with Gasteiger partial charge in [0.15, 0.2) is 0 Å². The molecule has 34 heavy (non-hydrogen) atoms. The monoisotopic (exact) mass is 517 g/mol. The average Bonchev–Trinajstić information content (AvgIpc) is 3.17. The Bertz CT molecular complexity index is 1220. The standard InChI is InChI=1S/C25H29Cl2N5OS/c1-15(2)32(16(3)4)10-5-6-22(33)31-11-9-18-21(13-31)34-25-23(18)24(28-14-29-25)30-17-7-8-19(26)20(27)12-17/h5-8,12,14-16H,9-11,13H2,1-4H3,(H,28,29,30)/b6-5+. The number of nitrogens with zero attached hydrogens (tertiary/aromatic N) is 4. The maximum Gasteiger partial charge on any atom is 0.246 e. The van der Waals surface area contributed by atoms with Crippen LogP contribution in [0.25, 0.3) is 10.2 Å². The molecule has 3 aromatic rings. The van der Waals surface area contributed by atoms with Gasteiger partial charge in [0, 0.05) is 41.8 Å². The number of carbonyl (C=O) groups excluding carboxylic acids is 1. The summed E-state index contributed by atoms with van der Waals surface area (Å²) in [6, 6.07) is 6.27. The normalized spacial score (nSPS) is 14.1. The number of aromatic nitrogens is 2. The van der Waals surface area contributed by atoms with Crippen molar-refractivity contribution in [1.82, 2.24) is 19.8 Å². The molecule has 1 amide bonds. The summed E-state index contributed by atoms with van der Waals surface area (Å²) in [5, 5.41) is 5.36. The lowest BCUT2D eigenvalue weighted by molar-refractivity contribution is -0.126. The summed E-state index contributed by atoms with van der Waals surface area (Å²) in [4.78, 5) is 28.2. The Morgan fingerprint density at radius 1 is 1.21 bits per heavy atom. The summed E-state index contributed by atoms with van der Waals surface area (Å²) < 4.78 is 0. The van der Waals surface area contributed by atoms with Crippen molar-refractivity contribution in [2.45, 2.75) is 52.7 Å². The van der Waals surface area contributed by atoms with Crippen LogP contribution in [-0.2, 0) is 17.8 Å². The number of hydrogen-bond acceptors (Lipinski definition) is 6. The van der Waals surface area contributed by atoms with Crippen molar-refractivity contribution in [2.24, 2.45) is 0 Å². The quantitative estimate of drug-likeness (QED) is 0.372. The second-order valence-electron chi connectivity index (χ2n) is 8.96. The molecule has 0 saturated heterocycles. The first kappa shape index (κ1) is 24.9. The van der Waals surface area contributed by atoms with Crippen LogP contribution in [0.2, 0.25) is 10.0 Å². The topological polar surface area (TPSA) is 61.4 Å². The van der Waals surface area contributed by atoms with Crippen LogP contribution in [0.5, 0.6) is 0 Å². The van der Waals surface area contributed by atoms with Gasteiger partial charge in [0.2, 0.25) is 5.91 Å². The molecule has 0 radical (unpaired) electrons. The number of halogens is 2. The minimum Gasteiger partial charge on any atom is -0.340 e. The molecule has 1 aliphatic rings. The number of thiophene rings is 1. The van der Waals surface area contributed by atoms with Crippen LogP contribution in [-0.4, -0.2) is 50.8 Å². The Balaban J connectivity index is 1.51. The first-order valence-corrected chi connectivity index (χ1v) is 13.0. The number of rotatable bonds is 7. The average molecular weight is 519 g/mol. The highest BCUT2D eigenvalue weighted by atomic mass is 35.5. The van der Waals surface area contributed by atoms with Gasteiger partial charge in [0.25, 0.3) is 0 Å². The number of benzene rings is 1. The molecular formula is C25H29Cl2N5OS. The molecule has 180 valence electrons. The lowest BCUT2D eigenvalue weighted by Gasteiger charge is -2.29. The molecule has 0 atom stereocenters. The summed E-state index contributed by atoms with van der Waals surface area (Å²) in [5.41, 5.74) is 2.02. The van der Waals surface area contributed by atoms with Gasteiger partial charge in [-0.3, -0.25) is 9.69 Å². The summed E-state index contributed by atoms with van der Waals surface area (Å²) in [7, 11) is 0. The third kappa shape index (κ3) is 5.38. The third-order valence-corrected chi connectivity index (χ3v) is 7.90. The minimum atomic E-state index is 0.0517. The highest BCUT2D eigenvalue weighted by Gasteiger charge is 2.25. The lowest BCUT2D eigenvalue weighted by atomic mass is 10.0. The molecule has 1 aliphatic heterocycles. The van der Waals surface area contributed by atoms with Crippen LogP contribution in [0.4, 0.5) is 11.5 Å². The highest BCUT2D eigenvalue weighted by molar-refractivity contribution is 7.19. The van der Waals surface area contributed by atoms with E-state index in [2.05, 4.69) is 47.9 Å². The van der Waals surface area contributed by atoms with Crippen LogP contribution >= 0.6 is 34.5 Å². The molecule has 3 heterocycles. The smallest absolute Gasteiger partial charge is 0.246 e. The number of fused-ring (bicyclic) bond motifs is 3. The van der Waals surface area contributed by atoms with Gasteiger partial charge in [-0.1, -0.05) is 29.3 Å². The number of anilines is 2. The van der Waals surface area contributed by atoms with Gasteiger partial charge in [0.1, 0.15) is 17.0 Å². The van der Waals surface area contributed by atoms with E-state index in [1.807, 2.05) is 17.0 Å². The molecule has 6 nitrogen and oxygen atoms in total. The minimum absolute atomic E-state index is 0.0517. The Hall–Kier alpha value is -2.19. The maximum atomic E-state index is 12.9. The second kappa shape index (κ2) is 10.6. The predicted molar refractivity (Wildman–Crippen MR) is 142 cm³/mol. The highest BCUT2D eigenvalue weighted by Crippen LogP contribution is 2.38. The molecule has 0 saturated carbocycles. The first-order chi connectivity index (χ1) is 16.2. The zero-order valence-electron chi connectivity index (χ0n) is 19.8. The van der Waals surface area contributed by atoms with Crippen LogP contribution in [0.1, 0.15) is 38.1 Å². The van der Waals surface area contributed by atoms with E-state index in [1.54, 1.807) is 35.9 Å². The molecule has 0 spiro atoms. The van der Waals surface area contributed by atoms with Crippen molar-refractivity contribution >= 4 is 62.2 Å². The first-order valence-electron chi connectivity index (χ1n) is 11.4. The molecule has 1 aromatic carbocycles. The molecule has 9 heteroatoms. The molecule has 0 aliphatic carbocycles. The lowest BCUT2D eigenvalue weighted by Crippen LogP contribution is -2.37. The van der Waals surface area contributed by atoms with E-state index in [1.165, 1.54) is 5.56 Å². The number of carbonyl (C=O) groups is 1. The van der Waals surface area contributed by atoms with Crippen molar-refractivity contribution < 1.29 is 4.79 Å². The van der Waals surface area contributed by atoms with Gasteiger partial charge in [-0.05, 0) is 57.9 Å². The third-order valence-electron chi connectivity index (χ3n) is 6.03. The Labute approximate surface area is 214 Å². The Morgan fingerprint density at radius 3 is 2.68 bits per heavy atom. The summed E-state index contributed by atoms with van der Waals surface area (Å²) in [5.74, 6) is 0.791. The summed E-state index contributed by atoms with van der Waals surface area (Å²) in [6.45, 7) is 10.7. The van der Waals surface area contributed by atoms with Crippen LogP contribution in [0.3, 0.4) is 0 Å². The molecule has 0 bridgehead atoms. The van der Waals surface area contributed by atoms with Crippen molar-refractivity contribution in [3.05, 3.63) is 57.2 Å². The Morgan fingerprint density at radius 2 is 1.97 bits per heavy atom. The molecule has 2 aromatic heterocycles. The van der Waals surface area contributed by atoms with Crippen molar-refractivity contribution in [1.29, 1.82) is 0 Å². The van der Waals surface area contributed by atoms with Crippen molar-refractivity contribution in [3.63, 3.8) is 0 Å². The van der Waals surface area contributed by atoms with Crippen molar-refractivity contribution in [2.75, 3.05) is 18.4 Å². The zero-order chi connectivity index (χ0) is 24.4. The summed E-state index contributed by atoms with van der Waals surface area (Å²) in [6.07, 6.45) is 6.02. The van der Waals surface area contributed by atoms with Gasteiger partial charge in [-0.15, -0.1) is 11.3 Å². The Kier molecular flexibility index (Phi) is 7.77. The predicted octanol–water partition coefficient (Wildman–Crippen LogP) is 6.30. The van der Waals surface area contributed by atoms with Gasteiger partial charge < -0.3 is 10.2 Å². The fourth-order valence-corrected chi connectivity index (χ4v) is 5.82.